The maximum atomic E-state index is 12.9. The first-order valence-electron chi connectivity index (χ1n) is 9.84. The van der Waals surface area contributed by atoms with E-state index in [-0.39, 0.29) is 16.8 Å². The van der Waals surface area contributed by atoms with Gasteiger partial charge in [-0.15, -0.1) is 0 Å². The maximum absolute atomic E-state index is 12.9. The van der Waals surface area contributed by atoms with Crippen LogP contribution in [-0.4, -0.2) is 21.4 Å². The van der Waals surface area contributed by atoms with Crippen molar-refractivity contribution in [3.8, 4) is 5.75 Å². The molecular weight excluding hydrogens is 412 g/mol. The van der Waals surface area contributed by atoms with Gasteiger partial charge in [-0.05, 0) is 68.3 Å². The first-order chi connectivity index (χ1) is 14.7. The number of sulfonamides is 1. The molecule has 0 aliphatic carbocycles. The van der Waals surface area contributed by atoms with Crippen LogP contribution in [0.25, 0.3) is 0 Å². The van der Waals surface area contributed by atoms with Gasteiger partial charge in [-0.1, -0.05) is 35.9 Å². The lowest BCUT2D eigenvalue weighted by Crippen LogP contribution is -2.27. The minimum absolute atomic E-state index is 0.0158. The van der Waals surface area contributed by atoms with Crippen LogP contribution in [0, 0.1) is 13.8 Å². The highest BCUT2D eigenvalue weighted by Gasteiger charge is 2.19. The molecule has 1 unspecified atom stereocenters. The Morgan fingerprint density at radius 3 is 2.19 bits per heavy atom. The molecule has 0 aromatic heterocycles. The van der Waals surface area contributed by atoms with Crippen LogP contribution >= 0.6 is 0 Å². The number of anilines is 1. The molecule has 6 nitrogen and oxygen atoms in total. The van der Waals surface area contributed by atoms with E-state index < -0.39 is 10.0 Å². The van der Waals surface area contributed by atoms with Crippen molar-refractivity contribution in [2.75, 3.05) is 11.8 Å². The molecule has 1 amide bonds. The van der Waals surface area contributed by atoms with Crippen molar-refractivity contribution in [3.05, 3.63) is 89.0 Å². The van der Waals surface area contributed by atoms with Crippen LogP contribution in [0.2, 0.25) is 0 Å². The van der Waals surface area contributed by atoms with Gasteiger partial charge in [0.25, 0.3) is 15.9 Å². The van der Waals surface area contributed by atoms with E-state index in [1.165, 1.54) is 19.2 Å². The number of carbonyl (C=O) groups excluding carboxylic acids is 1. The van der Waals surface area contributed by atoms with E-state index in [9.17, 15) is 13.2 Å². The summed E-state index contributed by atoms with van der Waals surface area (Å²) < 4.78 is 33.3. The molecule has 0 radical (unpaired) electrons. The van der Waals surface area contributed by atoms with Crippen molar-refractivity contribution >= 4 is 21.6 Å². The first-order valence-corrected chi connectivity index (χ1v) is 11.3. The lowest BCUT2D eigenvalue weighted by atomic mass is 10.0. The fraction of sp³-hybridized carbons (Fsp3) is 0.208. The van der Waals surface area contributed by atoms with Crippen LogP contribution in [0.15, 0.2) is 71.6 Å². The fourth-order valence-corrected chi connectivity index (χ4v) is 4.18. The lowest BCUT2D eigenvalue weighted by molar-refractivity contribution is 0.0939. The Labute approximate surface area is 183 Å². The van der Waals surface area contributed by atoms with Gasteiger partial charge in [0.15, 0.2) is 0 Å². The Balaban J connectivity index is 1.81. The molecule has 0 bridgehead atoms. The number of rotatable bonds is 7. The minimum Gasteiger partial charge on any atom is -0.497 e. The van der Waals surface area contributed by atoms with Gasteiger partial charge in [0.2, 0.25) is 0 Å². The van der Waals surface area contributed by atoms with Gasteiger partial charge in [-0.2, -0.15) is 0 Å². The predicted octanol–water partition coefficient (Wildman–Crippen LogP) is 4.60. The molecule has 0 aliphatic rings. The predicted molar refractivity (Wildman–Crippen MR) is 122 cm³/mol. The van der Waals surface area contributed by atoms with E-state index in [2.05, 4.69) is 10.0 Å². The molecule has 3 aromatic rings. The molecular formula is C24H26N2O4S. The fourth-order valence-electron chi connectivity index (χ4n) is 3.10. The molecule has 1 atom stereocenters. The minimum atomic E-state index is -3.86. The number of amides is 1. The molecule has 0 aliphatic heterocycles. The van der Waals surface area contributed by atoms with Gasteiger partial charge in [0.1, 0.15) is 5.75 Å². The van der Waals surface area contributed by atoms with Crippen LogP contribution in [0.4, 0.5) is 5.69 Å². The zero-order chi connectivity index (χ0) is 22.6. The van der Waals surface area contributed by atoms with Crippen LogP contribution in [-0.2, 0) is 10.0 Å². The second-order valence-corrected chi connectivity index (χ2v) is 9.10. The van der Waals surface area contributed by atoms with Crippen LogP contribution < -0.4 is 14.8 Å². The smallest absolute Gasteiger partial charge is 0.261 e. The summed E-state index contributed by atoms with van der Waals surface area (Å²) >= 11 is 0. The monoisotopic (exact) mass is 438 g/mol. The SMILES string of the molecule is COc1ccc(NS(=O)(=O)c2ccc(C)c(C(=O)NC(C)c3ccc(C)cc3)c2)cc1. The number of benzene rings is 3. The topological polar surface area (TPSA) is 84.5 Å². The molecule has 2 N–H and O–H groups in total. The third-order valence-electron chi connectivity index (χ3n) is 5.03. The molecule has 3 rings (SSSR count). The summed E-state index contributed by atoms with van der Waals surface area (Å²) in [5.74, 6) is 0.298. The summed E-state index contributed by atoms with van der Waals surface area (Å²) in [6.07, 6.45) is 0. The van der Waals surface area contributed by atoms with Gasteiger partial charge in [-0.25, -0.2) is 8.42 Å². The van der Waals surface area contributed by atoms with Crippen molar-refractivity contribution in [1.29, 1.82) is 0 Å². The molecule has 3 aromatic carbocycles. The number of aryl methyl sites for hydroxylation is 2. The van der Waals surface area contributed by atoms with E-state index in [4.69, 9.17) is 4.74 Å². The highest BCUT2D eigenvalue weighted by Crippen LogP contribution is 2.22. The van der Waals surface area contributed by atoms with E-state index in [0.29, 0.717) is 22.6 Å². The average molecular weight is 439 g/mol. The van der Waals surface area contributed by atoms with Crippen molar-refractivity contribution < 1.29 is 17.9 Å². The number of carbonyl (C=O) groups is 1. The Morgan fingerprint density at radius 1 is 0.935 bits per heavy atom. The summed E-state index contributed by atoms with van der Waals surface area (Å²) in [6.45, 7) is 5.67. The van der Waals surface area contributed by atoms with Crippen molar-refractivity contribution in [2.45, 2.75) is 31.7 Å². The summed E-state index contributed by atoms with van der Waals surface area (Å²) in [5.41, 5.74) is 3.52. The molecule has 162 valence electrons. The molecule has 0 spiro atoms. The largest absolute Gasteiger partial charge is 0.497 e. The Hall–Kier alpha value is -3.32. The molecule has 0 heterocycles. The third kappa shape index (κ3) is 5.44. The highest BCUT2D eigenvalue weighted by molar-refractivity contribution is 7.92. The number of methoxy groups -OCH3 is 1. The van der Waals surface area contributed by atoms with E-state index in [1.54, 1.807) is 37.3 Å². The van der Waals surface area contributed by atoms with Gasteiger partial charge < -0.3 is 10.1 Å². The van der Waals surface area contributed by atoms with Gasteiger partial charge in [0.05, 0.1) is 18.0 Å². The summed E-state index contributed by atoms with van der Waals surface area (Å²) in [6, 6.07) is 18.8. The summed E-state index contributed by atoms with van der Waals surface area (Å²) in [4.78, 5) is 12.9. The number of nitrogens with one attached hydrogen (secondary N) is 2. The molecule has 0 saturated heterocycles. The van der Waals surface area contributed by atoms with Gasteiger partial charge in [-0.3, -0.25) is 9.52 Å². The Bertz CT molecular complexity index is 1170. The average Bonchev–Trinajstić information content (AvgIpc) is 2.74. The third-order valence-corrected chi connectivity index (χ3v) is 6.41. The number of ether oxygens (including phenoxy) is 1. The molecule has 31 heavy (non-hydrogen) atoms. The van der Waals surface area contributed by atoms with E-state index in [0.717, 1.165) is 11.1 Å². The molecule has 7 heteroatoms. The molecule has 0 saturated carbocycles. The van der Waals surface area contributed by atoms with Crippen LogP contribution in [0.3, 0.4) is 0 Å². The molecule has 0 fully saturated rings. The van der Waals surface area contributed by atoms with Crippen LogP contribution in [0.1, 0.15) is 40.0 Å². The van der Waals surface area contributed by atoms with Crippen LogP contribution in [0.5, 0.6) is 5.75 Å². The zero-order valence-electron chi connectivity index (χ0n) is 18.0. The normalized spacial score (nSPS) is 12.1. The van der Waals surface area contributed by atoms with Crippen molar-refractivity contribution in [1.82, 2.24) is 5.32 Å². The van der Waals surface area contributed by atoms with E-state index >= 15 is 0 Å². The lowest BCUT2D eigenvalue weighted by Gasteiger charge is -2.16. The highest BCUT2D eigenvalue weighted by atomic mass is 32.2. The standard InChI is InChI=1S/C24H26N2O4S/c1-16-5-8-19(9-6-16)18(3)25-24(27)23-15-22(14-7-17(23)2)31(28,29)26-20-10-12-21(30-4)13-11-20/h5-15,18,26H,1-4H3,(H,25,27). The first kappa shape index (κ1) is 22.4. The second-order valence-electron chi connectivity index (χ2n) is 7.42. The Morgan fingerprint density at radius 2 is 1.58 bits per heavy atom. The number of hydrogen-bond donors (Lipinski definition) is 2. The van der Waals surface area contributed by atoms with Crippen molar-refractivity contribution in [2.24, 2.45) is 0 Å². The zero-order valence-corrected chi connectivity index (χ0v) is 18.8. The quantitative estimate of drug-likeness (QED) is 0.564. The van der Waals surface area contributed by atoms with E-state index in [1.807, 2.05) is 38.1 Å². The summed E-state index contributed by atoms with van der Waals surface area (Å²) in [5, 5.41) is 2.95. The Kier molecular flexibility index (Phi) is 6.65. The van der Waals surface area contributed by atoms with Gasteiger partial charge in [0, 0.05) is 11.3 Å². The second kappa shape index (κ2) is 9.22. The summed E-state index contributed by atoms with van der Waals surface area (Å²) in [7, 11) is -2.32. The van der Waals surface area contributed by atoms with Gasteiger partial charge >= 0.3 is 0 Å². The maximum Gasteiger partial charge on any atom is 0.261 e. The van der Waals surface area contributed by atoms with Crippen molar-refractivity contribution in [3.63, 3.8) is 0 Å². The number of hydrogen-bond acceptors (Lipinski definition) is 4.